The molecular weight excluding hydrogens is 338 g/mol. The molecule has 0 aliphatic carbocycles. The van der Waals surface area contributed by atoms with Crippen LogP contribution in [0.15, 0.2) is 36.4 Å². The summed E-state index contributed by atoms with van der Waals surface area (Å²) in [7, 11) is 0. The minimum atomic E-state index is -0.685. The molecule has 1 amide bonds. The summed E-state index contributed by atoms with van der Waals surface area (Å²) < 4.78 is 6.77. The van der Waals surface area contributed by atoms with E-state index < -0.39 is 17.5 Å². The number of nitrogens with zero attached hydrogens (tertiary/aromatic N) is 5. The van der Waals surface area contributed by atoms with E-state index in [2.05, 4.69) is 31.0 Å². The van der Waals surface area contributed by atoms with Crippen molar-refractivity contribution in [2.75, 3.05) is 5.32 Å². The maximum Gasteiger partial charge on any atom is 0.357 e. The summed E-state index contributed by atoms with van der Waals surface area (Å²) in [5, 5.41) is 19.5. The molecule has 0 saturated carbocycles. The Labute approximate surface area is 148 Å². The Kier molecular flexibility index (Phi) is 4.48. The van der Waals surface area contributed by atoms with Crippen molar-refractivity contribution in [3.05, 3.63) is 47.8 Å². The van der Waals surface area contributed by atoms with Gasteiger partial charge in [-0.1, -0.05) is 23.3 Å². The van der Waals surface area contributed by atoms with E-state index >= 15 is 0 Å². The van der Waals surface area contributed by atoms with Crippen LogP contribution in [0.3, 0.4) is 0 Å². The number of nitrogens with one attached hydrogen (secondary N) is 2. The lowest BCUT2D eigenvalue weighted by molar-refractivity contribution is 0.00593. The summed E-state index contributed by atoms with van der Waals surface area (Å²) >= 11 is 0. The number of para-hydroxylation sites is 1. The number of anilines is 1. The van der Waals surface area contributed by atoms with Gasteiger partial charge in [0.2, 0.25) is 0 Å². The van der Waals surface area contributed by atoms with Crippen molar-refractivity contribution in [2.45, 2.75) is 26.4 Å². The van der Waals surface area contributed by atoms with Crippen LogP contribution in [0.25, 0.3) is 5.69 Å². The van der Waals surface area contributed by atoms with Gasteiger partial charge in [-0.25, -0.2) is 9.48 Å². The van der Waals surface area contributed by atoms with Crippen molar-refractivity contribution in [3.8, 4) is 5.69 Å². The van der Waals surface area contributed by atoms with Gasteiger partial charge in [0.15, 0.2) is 11.4 Å². The molecule has 134 valence electrons. The van der Waals surface area contributed by atoms with Crippen LogP contribution in [0, 0.1) is 0 Å². The Morgan fingerprint density at radius 3 is 2.54 bits per heavy atom. The van der Waals surface area contributed by atoms with E-state index in [4.69, 9.17) is 4.74 Å². The third-order valence-electron chi connectivity index (χ3n) is 3.12. The lowest BCUT2D eigenvalue weighted by Gasteiger charge is -2.19. The summed E-state index contributed by atoms with van der Waals surface area (Å²) in [5.74, 6) is -1.17. The first kappa shape index (κ1) is 17.3. The predicted octanol–water partition coefficient (Wildman–Crippen LogP) is 1.59. The van der Waals surface area contributed by atoms with Crippen LogP contribution in [0.5, 0.6) is 0 Å². The molecule has 2 aromatic heterocycles. The molecule has 2 heterocycles. The molecule has 0 spiro atoms. The monoisotopic (exact) mass is 355 g/mol. The molecule has 0 aliphatic rings. The van der Waals surface area contributed by atoms with E-state index in [0.717, 1.165) is 0 Å². The molecule has 2 N–H and O–H groups in total. The topological polar surface area (TPSA) is 128 Å². The second-order valence-corrected chi connectivity index (χ2v) is 6.35. The smallest absolute Gasteiger partial charge is 0.357 e. The molecule has 1 aromatic carbocycles. The van der Waals surface area contributed by atoms with Gasteiger partial charge in [-0.15, -0.1) is 5.10 Å². The van der Waals surface area contributed by atoms with E-state index in [-0.39, 0.29) is 17.3 Å². The Morgan fingerprint density at radius 2 is 1.92 bits per heavy atom. The number of hydrogen-bond acceptors (Lipinski definition) is 7. The molecule has 0 fully saturated rings. The Hall–Kier alpha value is -3.56. The number of aromatic amines is 1. The predicted molar refractivity (Wildman–Crippen MR) is 90.9 cm³/mol. The van der Waals surface area contributed by atoms with Crippen LogP contribution in [-0.4, -0.2) is 47.9 Å². The highest BCUT2D eigenvalue weighted by molar-refractivity contribution is 6.03. The minimum Gasteiger partial charge on any atom is -0.455 e. The number of H-pyrrole nitrogens is 1. The molecular formula is C16H17N7O3. The van der Waals surface area contributed by atoms with Crippen molar-refractivity contribution in [1.82, 2.24) is 30.4 Å². The molecule has 10 nitrogen and oxygen atoms in total. The fourth-order valence-electron chi connectivity index (χ4n) is 2.11. The largest absolute Gasteiger partial charge is 0.455 e. The first-order valence-corrected chi connectivity index (χ1v) is 7.77. The summed E-state index contributed by atoms with van der Waals surface area (Å²) in [6, 6.07) is 10.3. The van der Waals surface area contributed by atoms with Crippen molar-refractivity contribution in [2.24, 2.45) is 0 Å². The molecule has 0 unspecified atom stereocenters. The number of esters is 1. The van der Waals surface area contributed by atoms with Crippen LogP contribution in [0.4, 0.5) is 5.95 Å². The minimum absolute atomic E-state index is 0.00285. The number of rotatable bonds is 4. The van der Waals surface area contributed by atoms with Crippen molar-refractivity contribution < 1.29 is 14.3 Å². The van der Waals surface area contributed by atoms with E-state index in [1.54, 1.807) is 45.0 Å². The first-order chi connectivity index (χ1) is 12.3. The zero-order valence-electron chi connectivity index (χ0n) is 14.4. The quantitative estimate of drug-likeness (QED) is 0.680. The normalized spacial score (nSPS) is 11.2. The van der Waals surface area contributed by atoms with Gasteiger partial charge >= 0.3 is 5.97 Å². The third kappa shape index (κ3) is 3.91. The van der Waals surface area contributed by atoms with E-state index in [9.17, 15) is 9.59 Å². The Balaban J connectivity index is 1.97. The SMILES string of the molecule is CC(C)(C)OC(=O)c1cc(C(=O)Nc2nn[nH]n2)nn1-c1ccccc1. The number of ether oxygens (including phenoxy) is 1. The molecule has 0 bridgehead atoms. The highest BCUT2D eigenvalue weighted by atomic mass is 16.6. The lowest BCUT2D eigenvalue weighted by atomic mass is 10.2. The van der Waals surface area contributed by atoms with Gasteiger partial charge in [-0.05, 0) is 38.1 Å². The lowest BCUT2D eigenvalue weighted by Crippen LogP contribution is -2.25. The average molecular weight is 355 g/mol. The van der Waals surface area contributed by atoms with E-state index in [1.165, 1.54) is 10.7 Å². The van der Waals surface area contributed by atoms with Gasteiger partial charge in [0.05, 0.1) is 5.69 Å². The van der Waals surface area contributed by atoms with Gasteiger partial charge in [0.1, 0.15) is 5.60 Å². The molecule has 26 heavy (non-hydrogen) atoms. The molecule has 3 aromatic rings. The van der Waals surface area contributed by atoms with Gasteiger partial charge in [0, 0.05) is 6.07 Å². The number of tetrazole rings is 1. The van der Waals surface area contributed by atoms with Gasteiger partial charge < -0.3 is 4.74 Å². The first-order valence-electron chi connectivity index (χ1n) is 7.77. The average Bonchev–Trinajstić information content (AvgIpc) is 3.23. The Bertz CT molecular complexity index is 911. The number of hydrogen-bond donors (Lipinski definition) is 2. The molecule has 10 heteroatoms. The van der Waals surface area contributed by atoms with Crippen LogP contribution in [-0.2, 0) is 4.74 Å². The van der Waals surface area contributed by atoms with Gasteiger partial charge in [0.25, 0.3) is 11.9 Å². The molecule has 0 aliphatic heterocycles. The van der Waals surface area contributed by atoms with Crippen LogP contribution < -0.4 is 5.32 Å². The number of benzene rings is 1. The third-order valence-corrected chi connectivity index (χ3v) is 3.12. The zero-order chi connectivity index (χ0) is 18.7. The summed E-state index contributed by atoms with van der Waals surface area (Å²) in [6.45, 7) is 5.29. The van der Waals surface area contributed by atoms with Crippen molar-refractivity contribution in [3.63, 3.8) is 0 Å². The molecule has 0 saturated heterocycles. The second-order valence-electron chi connectivity index (χ2n) is 6.35. The fraction of sp³-hybridized carbons (Fsp3) is 0.250. The fourth-order valence-corrected chi connectivity index (χ4v) is 2.11. The van der Waals surface area contributed by atoms with Crippen LogP contribution >= 0.6 is 0 Å². The maximum absolute atomic E-state index is 12.6. The Morgan fingerprint density at radius 1 is 1.19 bits per heavy atom. The van der Waals surface area contributed by atoms with Crippen molar-refractivity contribution in [1.29, 1.82) is 0 Å². The highest BCUT2D eigenvalue weighted by Gasteiger charge is 2.25. The molecule has 0 radical (unpaired) electrons. The second kappa shape index (κ2) is 6.75. The number of aromatic nitrogens is 6. The van der Waals surface area contributed by atoms with Gasteiger partial charge in [-0.3, -0.25) is 10.1 Å². The number of carbonyl (C=O) groups excluding carboxylic acids is 2. The summed E-state index contributed by atoms with van der Waals surface area (Å²) in [5.41, 5.74) is 0.0755. The zero-order valence-corrected chi connectivity index (χ0v) is 14.4. The summed E-state index contributed by atoms with van der Waals surface area (Å²) in [4.78, 5) is 24.9. The highest BCUT2D eigenvalue weighted by Crippen LogP contribution is 2.17. The molecule has 3 rings (SSSR count). The summed E-state index contributed by atoms with van der Waals surface area (Å²) in [6.07, 6.45) is 0. The van der Waals surface area contributed by atoms with E-state index in [0.29, 0.717) is 5.69 Å². The van der Waals surface area contributed by atoms with Gasteiger partial charge in [-0.2, -0.15) is 10.3 Å². The van der Waals surface area contributed by atoms with Crippen molar-refractivity contribution >= 4 is 17.8 Å². The standard InChI is InChI=1S/C16H17N7O3/c1-16(2,3)26-14(25)12-9-11(13(24)17-15-18-21-22-19-15)20-23(12)10-7-5-4-6-8-10/h4-9H,1-3H3,(H2,17,18,19,21,22,24). The van der Waals surface area contributed by atoms with E-state index in [1.807, 2.05) is 6.07 Å². The molecule has 0 atom stereocenters. The van der Waals surface area contributed by atoms with Crippen LogP contribution in [0.1, 0.15) is 41.7 Å². The number of amides is 1. The maximum atomic E-state index is 12.6. The number of carbonyl (C=O) groups is 2. The van der Waals surface area contributed by atoms with Crippen LogP contribution in [0.2, 0.25) is 0 Å².